The SMILES string of the molecule is O=C1CC[C@H](/C=C(\c2ccc(S(=O)(=O)CC3CC3)c(Cl)c2)c2ccc(C3CC3)c(=O)[nH]2)N1. The third-order valence-electron chi connectivity index (χ3n) is 6.37. The number of hydrogen-bond acceptors (Lipinski definition) is 4. The highest BCUT2D eigenvalue weighted by Crippen LogP contribution is 2.39. The number of halogens is 1. The zero-order valence-electron chi connectivity index (χ0n) is 17.6. The lowest BCUT2D eigenvalue weighted by Gasteiger charge is -2.14. The van der Waals surface area contributed by atoms with Crippen LogP contribution in [0.4, 0.5) is 0 Å². The van der Waals surface area contributed by atoms with Gasteiger partial charge in [0.25, 0.3) is 5.56 Å². The molecule has 1 saturated heterocycles. The summed E-state index contributed by atoms with van der Waals surface area (Å²) in [5.41, 5.74) is 2.70. The Morgan fingerprint density at radius 1 is 1.06 bits per heavy atom. The molecule has 5 rings (SSSR count). The maximum Gasteiger partial charge on any atom is 0.251 e. The van der Waals surface area contributed by atoms with Crippen molar-refractivity contribution in [1.82, 2.24) is 10.3 Å². The van der Waals surface area contributed by atoms with Crippen LogP contribution in [-0.2, 0) is 14.6 Å². The number of carbonyl (C=O) groups excluding carboxylic acids is 1. The van der Waals surface area contributed by atoms with Crippen molar-refractivity contribution in [2.45, 2.75) is 55.4 Å². The highest BCUT2D eigenvalue weighted by molar-refractivity contribution is 7.91. The van der Waals surface area contributed by atoms with Gasteiger partial charge in [-0.05, 0) is 67.7 Å². The van der Waals surface area contributed by atoms with Crippen LogP contribution in [-0.4, -0.2) is 31.1 Å². The van der Waals surface area contributed by atoms with Crippen molar-refractivity contribution in [1.29, 1.82) is 0 Å². The first-order valence-electron chi connectivity index (χ1n) is 11.1. The van der Waals surface area contributed by atoms with E-state index in [-0.39, 0.29) is 39.1 Å². The number of aromatic nitrogens is 1. The van der Waals surface area contributed by atoms with Gasteiger partial charge in [-0.1, -0.05) is 29.8 Å². The van der Waals surface area contributed by atoms with E-state index in [2.05, 4.69) is 10.3 Å². The van der Waals surface area contributed by atoms with E-state index in [1.165, 1.54) is 0 Å². The normalized spacial score (nSPS) is 21.6. The lowest BCUT2D eigenvalue weighted by Crippen LogP contribution is -2.23. The Morgan fingerprint density at radius 3 is 2.44 bits per heavy atom. The van der Waals surface area contributed by atoms with Gasteiger partial charge in [0.1, 0.15) is 0 Å². The summed E-state index contributed by atoms with van der Waals surface area (Å²) in [5, 5.41) is 3.09. The van der Waals surface area contributed by atoms with E-state index >= 15 is 0 Å². The van der Waals surface area contributed by atoms with Gasteiger partial charge in [0, 0.05) is 29.3 Å². The number of H-pyrrole nitrogens is 1. The summed E-state index contributed by atoms with van der Waals surface area (Å²) < 4.78 is 25.5. The van der Waals surface area contributed by atoms with Gasteiger partial charge in [0.05, 0.1) is 15.7 Å². The van der Waals surface area contributed by atoms with Gasteiger partial charge in [0.2, 0.25) is 5.91 Å². The second-order valence-electron chi connectivity index (χ2n) is 9.09. The van der Waals surface area contributed by atoms with Gasteiger partial charge in [-0.2, -0.15) is 0 Å². The Hall–Kier alpha value is -2.38. The molecular formula is C24H25ClN2O4S. The van der Waals surface area contributed by atoms with Crippen LogP contribution in [0.25, 0.3) is 5.57 Å². The molecule has 1 aromatic heterocycles. The van der Waals surface area contributed by atoms with Crippen LogP contribution in [0, 0.1) is 5.92 Å². The van der Waals surface area contributed by atoms with Crippen molar-refractivity contribution in [2.24, 2.45) is 5.92 Å². The quantitative estimate of drug-likeness (QED) is 0.640. The molecule has 168 valence electrons. The zero-order valence-corrected chi connectivity index (χ0v) is 19.1. The summed E-state index contributed by atoms with van der Waals surface area (Å²) in [6, 6.07) is 8.49. The largest absolute Gasteiger partial charge is 0.350 e. The van der Waals surface area contributed by atoms with Crippen molar-refractivity contribution in [3.05, 3.63) is 68.6 Å². The molecule has 3 fully saturated rings. The monoisotopic (exact) mass is 472 g/mol. The number of pyridine rings is 1. The van der Waals surface area contributed by atoms with Crippen molar-refractivity contribution < 1.29 is 13.2 Å². The van der Waals surface area contributed by atoms with E-state index < -0.39 is 9.84 Å². The van der Waals surface area contributed by atoms with Crippen LogP contribution in [0.15, 0.2) is 46.1 Å². The molecule has 0 bridgehead atoms. The van der Waals surface area contributed by atoms with Crippen molar-refractivity contribution in [3.63, 3.8) is 0 Å². The maximum absolute atomic E-state index is 12.7. The molecule has 1 amide bonds. The molecular weight excluding hydrogens is 448 g/mol. The van der Waals surface area contributed by atoms with Crippen LogP contribution in [0.1, 0.15) is 61.3 Å². The molecule has 2 saturated carbocycles. The first-order valence-corrected chi connectivity index (χ1v) is 13.1. The van der Waals surface area contributed by atoms with Crippen LogP contribution in [0.5, 0.6) is 0 Å². The minimum Gasteiger partial charge on any atom is -0.350 e. The topological polar surface area (TPSA) is 96.1 Å². The smallest absolute Gasteiger partial charge is 0.251 e. The number of sulfone groups is 1. The van der Waals surface area contributed by atoms with Crippen LogP contribution >= 0.6 is 11.6 Å². The number of rotatable bonds is 7. The number of carbonyl (C=O) groups is 1. The van der Waals surface area contributed by atoms with E-state index in [9.17, 15) is 18.0 Å². The molecule has 1 aromatic carbocycles. The summed E-state index contributed by atoms with van der Waals surface area (Å²) in [7, 11) is -3.45. The second kappa shape index (κ2) is 8.19. The fourth-order valence-corrected chi connectivity index (χ4v) is 6.57. The van der Waals surface area contributed by atoms with E-state index in [0.29, 0.717) is 35.6 Å². The summed E-state index contributed by atoms with van der Waals surface area (Å²) in [5.74, 6) is 0.674. The van der Waals surface area contributed by atoms with E-state index in [1.54, 1.807) is 18.2 Å². The molecule has 1 atom stereocenters. The van der Waals surface area contributed by atoms with Gasteiger partial charge in [0.15, 0.2) is 9.84 Å². The van der Waals surface area contributed by atoms with Gasteiger partial charge < -0.3 is 10.3 Å². The Balaban J connectivity index is 1.54. The number of benzene rings is 1. The van der Waals surface area contributed by atoms with Gasteiger partial charge >= 0.3 is 0 Å². The minimum absolute atomic E-state index is 0.0114. The molecule has 1 aliphatic heterocycles. The lowest BCUT2D eigenvalue weighted by molar-refractivity contribution is -0.119. The Labute approximate surface area is 192 Å². The number of aromatic amines is 1. The summed E-state index contributed by atoms with van der Waals surface area (Å²) in [6.07, 6.45) is 6.98. The van der Waals surface area contributed by atoms with Crippen molar-refractivity contribution in [3.8, 4) is 0 Å². The van der Waals surface area contributed by atoms with Crippen molar-refractivity contribution in [2.75, 3.05) is 5.75 Å². The summed E-state index contributed by atoms with van der Waals surface area (Å²) in [4.78, 5) is 27.5. The first-order chi connectivity index (χ1) is 15.3. The van der Waals surface area contributed by atoms with Gasteiger partial charge in [-0.3, -0.25) is 9.59 Å². The Bertz CT molecular complexity index is 1270. The Kier molecular flexibility index (Phi) is 5.50. The molecule has 8 heteroatoms. The number of amides is 1. The fourth-order valence-electron chi connectivity index (χ4n) is 4.27. The zero-order chi connectivity index (χ0) is 22.5. The molecule has 6 nitrogen and oxygen atoms in total. The third-order valence-corrected chi connectivity index (χ3v) is 8.74. The number of nitrogens with one attached hydrogen (secondary N) is 2. The third kappa shape index (κ3) is 4.55. The van der Waals surface area contributed by atoms with E-state index in [1.807, 2.05) is 18.2 Å². The first kappa shape index (κ1) is 21.5. The molecule has 2 heterocycles. The maximum atomic E-state index is 12.7. The highest BCUT2D eigenvalue weighted by atomic mass is 35.5. The van der Waals surface area contributed by atoms with Crippen molar-refractivity contribution >= 4 is 32.9 Å². The predicted molar refractivity (Wildman–Crippen MR) is 124 cm³/mol. The fraction of sp³-hybridized carbons (Fsp3) is 0.417. The molecule has 0 unspecified atom stereocenters. The van der Waals surface area contributed by atoms with Crippen LogP contribution in [0.2, 0.25) is 5.02 Å². The number of hydrogen-bond donors (Lipinski definition) is 2. The van der Waals surface area contributed by atoms with Gasteiger partial charge in [-0.15, -0.1) is 0 Å². The summed E-state index contributed by atoms with van der Waals surface area (Å²) in [6.45, 7) is 0. The molecule has 2 aliphatic carbocycles. The van der Waals surface area contributed by atoms with Gasteiger partial charge in [-0.25, -0.2) is 8.42 Å². The molecule has 0 spiro atoms. The molecule has 0 radical (unpaired) electrons. The molecule has 2 N–H and O–H groups in total. The predicted octanol–water partition coefficient (Wildman–Crippen LogP) is 3.80. The highest BCUT2D eigenvalue weighted by Gasteiger charge is 2.31. The van der Waals surface area contributed by atoms with E-state index in [4.69, 9.17) is 11.6 Å². The van der Waals surface area contributed by atoms with Crippen LogP contribution in [0.3, 0.4) is 0 Å². The lowest BCUT2D eigenvalue weighted by atomic mass is 9.98. The minimum atomic E-state index is -3.45. The summed E-state index contributed by atoms with van der Waals surface area (Å²) >= 11 is 6.45. The molecule has 2 aromatic rings. The molecule has 32 heavy (non-hydrogen) atoms. The van der Waals surface area contributed by atoms with E-state index in [0.717, 1.165) is 31.2 Å². The molecule has 3 aliphatic rings. The average molecular weight is 473 g/mol. The Morgan fingerprint density at radius 2 is 1.84 bits per heavy atom. The van der Waals surface area contributed by atoms with Crippen LogP contribution < -0.4 is 10.9 Å². The average Bonchev–Trinajstić information content (AvgIpc) is 3.66. The second-order valence-corrected chi connectivity index (χ2v) is 11.5. The standard InChI is InChI=1S/C24H25ClN2O4S/c25-20-11-16(5-9-22(20)32(30,31)13-14-1-2-14)19(12-17-6-10-23(28)26-17)21-8-7-18(15-3-4-15)24(29)27-21/h5,7-9,11-12,14-15,17H,1-4,6,10,13H2,(H,26,28)(H,27,29)/b19-12+/t17-/m1/s1.